The maximum atomic E-state index is 12.8. The van der Waals surface area contributed by atoms with Crippen LogP contribution in [0.4, 0.5) is 13.2 Å². The highest BCUT2D eigenvalue weighted by atomic mass is 19.4. The van der Waals surface area contributed by atoms with Gasteiger partial charge in [0.1, 0.15) is 12.3 Å². The number of ether oxygens (including phenoxy) is 1. The number of nitrogens with zero attached hydrogens (tertiary/aromatic N) is 5. The molecule has 0 radical (unpaired) electrons. The Bertz CT molecular complexity index is 786. The van der Waals surface area contributed by atoms with Gasteiger partial charge in [-0.2, -0.15) is 13.2 Å². The zero-order valence-corrected chi connectivity index (χ0v) is 15.0. The standard InChI is InChI=1S/C18H22F3N5O/c19-18(20,21)12-26-17(22-23-24-26)11-25(15-3-1-2-4-15)10-13-5-6-16-14(9-13)7-8-27-16/h5-6,9,15H,1-4,7-8,10-12H2. The molecule has 6 nitrogen and oxygen atoms in total. The number of hydrogen-bond donors (Lipinski definition) is 0. The first kappa shape index (κ1) is 18.2. The van der Waals surface area contributed by atoms with E-state index in [-0.39, 0.29) is 5.82 Å². The lowest BCUT2D eigenvalue weighted by Crippen LogP contribution is -2.34. The van der Waals surface area contributed by atoms with Gasteiger partial charge in [0.15, 0.2) is 5.82 Å². The molecule has 0 spiro atoms. The van der Waals surface area contributed by atoms with E-state index in [4.69, 9.17) is 4.74 Å². The summed E-state index contributed by atoms with van der Waals surface area (Å²) in [7, 11) is 0. The van der Waals surface area contributed by atoms with E-state index < -0.39 is 12.7 Å². The molecule has 1 fully saturated rings. The van der Waals surface area contributed by atoms with Crippen molar-refractivity contribution in [3.05, 3.63) is 35.2 Å². The Balaban J connectivity index is 1.53. The van der Waals surface area contributed by atoms with E-state index >= 15 is 0 Å². The van der Waals surface area contributed by atoms with Gasteiger partial charge >= 0.3 is 6.18 Å². The van der Waals surface area contributed by atoms with E-state index in [1.54, 1.807) is 0 Å². The van der Waals surface area contributed by atoms with Gasteiger partial charge in [-0.05, 0) is 40.5 Å². The first-order chi connectivity index (χ1) is 13.0. The average Bonchev–Trinajstić information content (AvgIpc) is 3.34. The molecule has 1 aromatic heterocycles. The molecule has 1 saturated carbocycles. The first-order valence-corrected chi connectivity index (χ1v) is 9.28. The number of tetrazole rings is 1. The van der Waals surface area contributed by atoms with Crippen molar-refractivity contribution in [2.45, 2.75) is 64.0 Å². The minimum Gasteiger partial charge on any atom is -0.493 e. The molecule has 9 heteroatoms. The number of aromatic nitrogens is 4. The summed E-state index contributed by atoms with van der Waals surface area (Å²) in [6.07, 6.45) is 0.946. The Hall–Kier alpha value is -2.16. The molecule has 2 heterocycles. The van der Waals surface area contributed by atoms with Crippen LogP contribution in [0.5, 0.6) is 5.75 Å². The van der Waals surface area contributed by atoms with E-state index in [2.05, 4.69) is 26.5 Å². The van der Waals surface area contributed by atoms with Gasteiger partial charge in [-0.1, -0.05) is 25.0 Å². The van der Waals surface area contributed by atoms with E-state index in [1.807, 2.05) is 12.1 Å². The van der Waals surface area contributed by atoms with Crippen LogP contribution < -0.4 is 4.74 Å². The van der Waals surface area contributed by atoms with Gasteiger partial charge in [-0.3, -0.25) is 4.90 Å². The summed E-state index contributed by atoms with van der Waals surface area (Å²) in [5.41, 5.74) is 2.33. The summed E-state index contributed by atoms with van der Waals surface area (Å²) in [6, 6.07) is 6.50. The van der Waals surface area contributed by atoms with Crippen molar-refractivity contribution in [2.24, 2.45) is 0 Å². The van der Waals surface area contributed by atoms with Crippen LogP contribution in [0.3, 0.4) is 0 Å². The van der Waals surface area contributed by atoms with Gasteiger partial charge in [-0.15, -0.1) is 5.10 Å². The van der Waals surface area contributed by atoms with Crippen LogP contribution in [0, 0.1) is 0 Å². The molecule has 1 aliphatic carbocycles. The topological polar surface area (TPSA) is 56.1 Å². The van der Waals surface area contributed by atoms with Crippen LogP contribution in [-0.2, 0) is 26.1 Å². The van der Waals surface area contributed by atoms with Crippen LogP contribution in [0.2, 0.25) is 0 Å². The molecule has 1 aliphatic heterocycles. The summed E-state index contributed by atoms with van der Waals surface area (Å²) >= 11 is 0. The quantitative estimate of drug-likeness (QED) is 0.770. The predicted octanol–water partition coefficient (Wildman–Crippen LogP) is 3.12. The molecule has 0 N–H and O–H groups in total. The zero-order valence-electron chi connectivity index (χ0n) is 15.0. The van der Waals surface area contributed by atoms with Crippen molar-refractivity contribution in [3.63, 3.8) is 0 Å². The zero-order chi connectivity index (χ0) is 18.9. The van der Waals surface area contributed by atoms with E-state index in [1.165, 1.54) is 5.56 Å². The molecule has 0 saturated heterocycles. The fraction of sp³-hybridized carbons (Fsp3) is 0.611. The van der Waals surface area contributed by atoms with Gasteiger partial charge in [0.05, 0.1) is 13.2 Å². The number of fused-ring (bicyclic) bond motifs is 1. The monoisotopic (exact) mass is 381 g/mol. The molecule has 2 aromatic rings. The Morgan fingerprint density at radius 1 is 1.19 bits per heavy atom. The Kier molecular flexibility index (Phi) is 5.03. The van der Waals surface area contributed by atoms with E-state index in [0.29, 0.717) is 25.7 Å². The molecule has 146 valence electrons. The smallest absolute Gasteiger partial charge is 0.408 e. The molecular weight excluding hydrogens is 359 g/mol. The lowest BCUT2D eigenvalue weighted by molar-refractivity contribution is -0.143. The normalized spacial score (nSPS) is 17.5. The van der Waals surface area contributed by atoms with Gasteiger partial charge in [0.2, 0.25) is 0 Å². The van der Waals surface area contributed by atoms with Crippen LogP contribution in [-0.4, -0.2) is 43.9 Å². The summed E-state index contributed by atoms with van der Waals surface area (Å²) in [5, 5.41) is 10.8. The summed E-state index contributed by atoms with van der Waals surface area (Å²) in [4.78, 5) is 2.21. The third kappa shape index (κ3) is 4.40. The van der Waals surface area contributed by atoms with Crippen LogP contribution >= 0.6 is 0 Å². The number of benzene rings is 1. The van der Waals surface area contributed by atoms with Gasteiger partial charge < -0.3 is 4.74 Å². The largest absolute Gasteiger partial charge is 0.493 e. The highest BCUT2D eigenvalue weighted by molar-refractivity contribution is 5.39. The van der Waals surface area contributed by atoms with Crippen molar-refractivity contribution >= 4 is 0 Å². The number of rotatable bonds is 6. The lowest BCUT2D eigenvalue weighted by Gasteiger charge is -2.28. The molecule has 2 aliphatic rings. The van der Waals surface area contributed by atoms with E-state index in [9.17, 15) is 13.2 Å². The highest BCUT2D eigenvalue weighted by Gasteiger charge is 2.31. The van der Waals surface area contributed by atoms with Crippen molar-refractivity contribution in [2.75, 3.05) is 6.61 Å². The maximum Gasteiger partial charge on any atom is 0.408 e. The maximum absolute atomic E-state index is 12.8. The van der Waals surface area contributed by atoms with Crippen LogP contribution in [0.1, 0.15) is 42.6 Å². The molecule has 0 bridgehead atoms. The number of alkyl halides is 3. The fourth-order valence-corrected chi connectivity index (χ4v) is 3.97. The van der Waals surface area contributed by atoms with Gasteiger partial charge in [-0.25, -0.2) is 4.68 Å². The molecule has 0 atom stereocenters. The molecule has 1 aromatic carbocycles. The lowest BCUT2D eigenvalue weighted by atomic mass is 10.1. The number of hydrogen-bond acceptors (Lipinski definition) is 5. The van der Waals surface area contributed by atoms with Gasteiger partial charge in [0.25, 0.3) is 0 Å². The van der Waals surface area contributed by atoms with Gasteiger partial charge in [0, 0.05) is 19.0 Å². The second-order valence-electron chi connectivity index (χ2n) is 7.25. The second-order valence-corrected chi connectivity index (χ2v) is 7.25. The average molecular weight is 381 g/mol. The minimum atomic E-state index is -4.34. The van der Waals surface area contributed by atoms with Crippen LogP contribution in [0.15, 0.2) is 18.2 Å². The van der Waals surface area contributed by atoms with Crippen LogP contribution in [0.25, 0.3) is 0 Å². The molecule has 0 unspecified atom stereocenters. The Labute approximate surface area is 155 Å². The second kappa shape index (κ2) is 7.46. The molecule has 4 rings (SSSR count). The van der Waals surface area contributed by atoms with Crippen molar-refractivity contribution in [1.82, 2.24) is 25.1 Å². The third-order valence-electron chi connectivity index (χ3n) is 5.26. The number of halogens is 3. The highest BCUT2D eigenvalue weighted by Crippen LogP contribution is 2.29. The third-order valence-corrected chi connectivity index (χ3v) is 5.26. The summed E-state index contributed by atoms with van der Waals surface area (Å²) < 4.78 is 44.7. The first-order valence-electron chi connectivity index (χ1n) is 9.28. The van der Waals surface area contributed by atoms with Crippen molar-refractivity contribution in [3.8, 4) is 5.75 Å². The Morgan fingerprint density at radius 3 is 2.78 bits per heavy atom. The molecular formula is C18H22F3N5O. The van der Waals surface area contributed by atoms with Crippen molar-refractivity contribution < 1.29 is 17.9 Å². The molecule has 27 heavy (non-hydrogen) atoms. The predicted molar refractivity (Wildman–Crippen MR) is 91.0 cm³/mol. The Morgan fingerprint density at radius 2 is 2.00 bits per heavy atom. The molecule has 0 amide bonds. The van der Waals surface area contributed by atoms with E-state index in [0.717, 1.165) is 48.1 Å². The summed E-state index contributed by atoms with van der Waals surface area (Å²) in [5.74, 6) is 1.18. The van der Waals surface area contributed by atoms with Crippen molar-refractivity contribution in [1.29, 1.82) is 0 Å². The SMILES string of the molecule is FC(F)(F)Cn1nnnc1CN(Cc1ccc2c(c1)CCO2)C1CCCC1. The summed E-state index contributed by atoms with van der Waals surface area (Å²) in [6.45, 7) is 0.513. The fourth-order valence-electron chi connectivity index (χ4n) is 3.97. The minimum absolute atomic E-state index is 0.253.